The standard InChI is InChI=1S/C13H11BrClF2N3O2/c1-6-10(14)11(20(2)19-6)12(21)18-7-3-4-9(8(15)5-7)22-13(16)17/h3-5,13H,1-2H3,(H,18,21). The summed E-state index contributed by atoms with van der Waals surface area (Å²) in [5, 5.41) is 6.71. The number of alkyl halides is 2. The number of halogens is 4. The van der Waals surface area contributed by atoms with Crippen LogP contribution in [0.3, 0.4) is 0 Å². The molecule has 0 aliphatic carbocycles. The molecule has 1 N–H and O–H groups in total. The zero-order valence-corrected chi connectivity index (χ0v) is 13.9. The zero-order chi connectivity index (χ0) is 16.4. The van der Waals surface area contributed by atoms with Gasteiger partial charge in [0, 0.05) is 12.7 Å². The van der Waals surface area contributed by atoms with Crippen molar-refractivity contribution in [3.8, 4) is 5.75 Å². The number of hydrogen-bond donors (Lipinski definition) is 1. The van der Waals surface area contributed by atoms with Gasteiger partial charge in [-0.15, -0.1) is 0 Å². The number of carbonyl (C=O) groups is 1. The Bertz CT molecular complexity index is 722. The lowest BCUT2D eigenvalue weighted by Gasteiger charge is -2.10. The molecule has 1 aromatic heterocycles. The third kappa shape index (κ3) is 3.56. The van der Waals surface area contributed by atoms with Crippen molar-refractivity contribution < 1.29 is 18.3 Å². The lowest BCUT2D eigenvalue weighted by molar-refractivity contribution is -0.0497. The fraction of sp³-hybridized carbons (Fsp3) is 0.231. The van der Waals surface area contributed by atoms with E-state index in [4.69, 9.17) is 11.6 Å². The van der Waals surface area contributed by atoms with Crippen LogP contribution in [0, 0.1) is 6.92 Å². The predicted octanol–water partition coefficient (Wildman–Crippen LogP) is 4.00. The highest BCUT2D eigenvalue weighted by Crippen LogP contribution is 2.29. The first-order chi connectivity index (χ1) is 10.3. The molecule has 0 unspecified atom stereocenters. The maximum Gasteiger partial charge on any atom is 0.387 e. The molecule has 1 heterocycles. The van der Waals surface area contributed by atoms with Gasteiger partial charge < -0.3 is 10.1 Å². The zero-order valence-electron chi connectivity index (χ0n) is 11.5. The van der Waals surface area contributed by atoms with Crippen molar-refractivity contribution in [2.75, 3.05) is 5.32 Å². The maximum atomic E-state index is 12.2. The van der Waals surface area contributed by atoms with E-state index in [1.165, 1.54) is 22.9 Å². The van der Waals surface area contributed by atoms with E-state index in [0.717, 1.165) is 0 Å². The number of rotatable bonds is 4. The van der Waals surface area contributed by atoms with Gasteiger partial charge in [-0.05, 0) is 41.1 Å². The van der Waals surface area contributed by atoms with E-state index in [1.54, 1.807) is 14.0 Å². The largest absolute Gasteiger partial charge is 0.433 e. The van der Waals surface area contributed by atoms with E-state index in [9.17, 15) is 13.6 Å². The number of amides is 1. The fourth-order valence-electron chi connectivity index (χ4n) is 1.84. The molecular weight excluding hydrogens is 384 g/mol. The van der Waals surface area contributed by atoms with E-state index < -0.39 is 12.5 Å². The molecule has 5 nitrogen and oxygen atoms in total. The number of aryl methyl sites for hydroxylation is 2. The van der Waals surface area contributed by atoms with Gasteiger partial charge in [0.1, 0.15) is 11.4 Å². The molecule has 0 bridgehead atoms. The minimum atomic E-state index is -2.97. The maximum absolute atomic E-state index is 12.2. The predicted molar refractivity (Wildman–Crippen MR) is 81.7 cm³/mol. The Hall–Kier alpha value is -1.67. The third-order valence-electron chi connectivity index (χ3n) is 2.77. The first kappa shape index (κ1) is 16.7. The van der Waals surface area contributed by atoms with Crippen LogP contribution in [0.2, 0.25) is 5.02 Å². The molecule has 0 fully saturated rings. The second-order valence-electron chi connectivity index (χ2n) is 4.35. The van der Waals surface area contributed by atoms with Gasteiger partial charge in [0.15, 0.2) is 0 Å². The van der Waals surface area contributed by atoms with Crippen molar-refractivity contribution in [1.29, 1.82) is 0 Å². The lowest BCUT2D eigenvalue weighted by Crippen LogP contribution is -2.16. The number of nitrogens with zero attached hydrogens (tertiary/aromatic N) is 2. The van der Waals surface area contributed by atoms with Gasteiger partial charge in [0.2, 0.25) is 0 Å². The van der Waals surface area contributed by atoms with E-state index >= 15 is 0 Å². The minimum Gasteiger partial charge on any atom is -0.433 e. The number of ether oxygens (including phenoxy) is 1. The van der Waals surface area contributed by atoms with Crippen LogP contribution >= 0.6 is 27.5 Å². The Morgan fingerprint density at radius 3 is 2.68 bits per heavy atom. The number of benzene rings is 1. The average Bonchev–Trinajstić information content (AvgIpc) is 2.66. The second kappa shape index (κ2) is 6.62. The van der Waals surface area contributed by atoms with Gasteiger partial charge in [-0.25, -0.2) is 0 Å². The molecule has 118 valence electrons. The summed E-state index contributed by atoms with van der Waals surface area (Å²) in [6, 6.07) is 4.00. The molecule has 22 heavy (non-hydrogen) atoms. The quantitative estimate of drug-likeness (QED) is 0.853. The highest BCUT2D eigenvalue weighted by Gasteiger charge is 2.19. The molecule has 0 aliphatic rings. The van der Waals surface area contributed by atoms with Crippen LogP contribution in [0.5, 0.6) is 5.75 Å². The van der Waals surface area contributed by atoms with Gasteiger partial charge in [0.05, 0.1) is 15.2 Å². The molecule has 0 atom stereocenters. The smallest absolute Gasteiger partial charge is 0.387 e. The molecule has 1 amide bonds. The molecule has 1 aromatic carbocycles. The van der Waals surface area contributed by atoms with E-state index in [2.05, 4.69) is 31.1 Å². The summed E-state index contributed by atoms with van der Waals surface area (Å²) in [6.45, 7) is -1.21. The van der Waals surface area contributed by atoms with Crippen molar-refractivity contribution in [1.82, 2.24) is 9.78 Å². The average molecular weight is 395 g/mol. The van der Waals surface area contributed by atoms with Crippen LogP contribution in [0.4, 0.5) is 14.5 Å². The molecule has 2 rings (SSSR count). The van der Waals surface area contributed by atoms with Gasteiger partial charge in [-0.2, -0.15) is 13.9 Å². The first-order valence-electron chi connectivity index (χ1n) is 6.04. The Labute approximate surface area is 138 Å². The van der Waals surface area contributed by atoms with Crippen LogP contribution in [0.15, 0.2) is 22.7 Å². The molecule has 9 heteroatoms. The second-order valence-corrected chi connectivity index (χ2v) is 5.55. The number of anilines is 1. The highest BCUT2D eigenvalue weighted by atomic mass is 79.9. The molecule has 0 spiro atoms. The molecule has 0 saturated carbocycles. The normalized spacial score (nSPS) is 10.9. The van der Waals surface area contributed by atoms with E-state index in [1.807, 2.05) is 0 Å². The van der Waals surface area contributed by atoms with Crippen LogP contribution < -0.4 is 10.1 Å². The number of carbonyl (C=O) groups excluding carboxylic acids is 1. The summed E-state index contributed by atoms with van der Waals surface area (Å²) in [4.78, 5) is 12.2. The van der Waals surface area contributed by atoms with Crippen molar-refractivity contribution in [3.63, 3.8) is 0 Å². The van der Waals surface area contributed by atoms with Crippen LogP contribution in [-0.2, 0) is 7.05 Å². The molecular formula is C13H11BrClF2N3O2. The topological polar surface area (TPSA) is 56.2 Å². The first-order valence-corrected chi connectivity index (χ1v) is 7.21. The van der Waals surface area contributed by atoms with Gasteiger partial charge >= 0.3 is 6.61 Å². The summed E-state index contributed by atoms with van der Waals surface area (Å²) in [5.74, 6) is -0.569. The van der Waals surface area contributed by atoms with Crippen molar-refractivity contribution >= 4 is 39.1 Å². The van der Waals surface area contributed by atoms with Gasteiger partial charge in [-0.3, -0.25) is 9.48 Å². The summed E-state index contributed by atoms with van der Waals surface area (Å²) in [5.41, 5.74) is 1.36. The van der Waals surface area contributed by atoms with Crippen LogP contribution in [-0.4, -0.2) is 22.3 Å². The summed E-state index contributed by atoms with van der Waals surface area (Å²) in [7, 11) is 1.64. The summed E-state index contributed by atoms with van der Waals surface area (Å²) >= 11 is 9.13. The SMILES string of the molecule is Cc1nn(C)c(C(=O)Nc2ccc(OC(F)F)c(Cl)c2)c1Br. The van der Waals surface area contributed by atoms with Crippen molar-refractivity contribution in [2.24, 2.45) is 7.05 Å². The summed E-state index contributed by atoms with van der Waals surface area (Å²) in [6.07, 6.45) is 0. The van der Waals surface area contributed by atoms with Crippen molar-refractivity contribution in [3.05, 3.63) is 39.1 Å². The third-order valence-corrected chi connectivity index (χ3v) is 4.01. The number of hydrogen-bond acceptors (Lipinski definition) is 3. The minimum absolute atomic E-state index is 0.0293. The van der Waals surface area contributed by atoms with E-state index in [-0.39, 0.29) is 10.8 Å². The Morgan fingerprint density at radius 1 is 1.50 bits per heavy atom. The van der Waals surface area contributed by atoms with Crippen molar-refractivity contribution in [2.45, 2.75) is 13.5 Å². The number of aromatic nitrogens is 2. The Kier molecular flexibility index (Phi) is 5.02. The summed E-state index contributed by atoms with van der Waals surface area (Å²) < 4.78 is 30.6. The molecule has 0 aliphatic heterocycles. The fourth-order valence-corrected chi connectivity index (χ4v) is 2.58. The number of nitrogens with one attached hydrogen (secondary N) is 1. The van der Waals surface area contributed by atoms with E-state index in [0.29, 0.717) is 21.5 Å². The Balaban J connectivity index is 2.20. The Morgan fingerprint density at radius 2 is 2.18 bits per heavy atom. The van der Waals surface area contributed by atoms with Gasteiger partial charge in [-0.1, -0.05) is 11.6 Å². The highest BCUT2D eigenvalue weighted by molar-refractivity contribution is 9.10. The van der Waals surface area contributed by atoms with Crippen LogP contribution in [0.25, 0.3) is 0 Å². The molecule has 2 aromatic rings. The monoisotopic (exact) mass is 393 g/mol. The molecule has 0 radical (unpaired) electrons. The van der Waals surface area contributed by atoms with Crippen LogP contribution in [0.1, 0.15) is 16.2 Å². The van der Waals surface area contributed by atoms with Gasteiger partial charge in [0.25, 0.3) is 5.91 Å². The lowest BCUT2D eigenvalue weighted by atomic mass is 10.2. The molecule has 0 saturated heterocycles.